The van der Waals surface area contributed by atoms with Crippen molar-refractivity contribution < 1.29 is 9.52 Å². The van der Waals surface area contributed by atoms with Crippen molar-refractivity contribution in [3.63, 3.8) is 0 Å². The van der Waals surface area contributed by atoms with Crippen LogP contribution >= 0.6 is 0 Å². The van der Waals surface area contributed by atoms with E-state index in [4.69, 9.17) is 4.42 Å². The lowest BCUT2D eigenvalue weighted by Gasteiger charge is -2.19. The van der Waals surface area contributed by atoms with Gasteiger partial charge in [0.25, 0.3) is 0 Å². The fourth-order valence-electron chi connectivity index (χ4n) is 2.30. The quantitative estimate of drug-likeness (QED) is 0.868. The van der Waals surface area contributed by atoms with Gasteiger partial charge in [0.2, 0.25) is 0 Å². The van der Waals surface area contributed by atoms with Crippen LogP contribution in [0.4, 0.5) is 0 Å². The van der Waals surface area contributed by atoms with Gasteiger partial charge in [0.1, 0.15) is 11.6 Å². The number of aryl methyl sites for hydroxylation is 1. The van der Waals surface area contributed by atoms with Gasteiger partial charge in [-0.05, 0) is 25.0 Å². The standard InChI is InChI=1S/C12H15N3O2/c16-8-9-3-1-5-15-12(9)13-11(14-15)7-10-4-2-6-17-10/h2,4,6,9,16H,1,3,5,7-8H2. The van der Waals surface area contributed by atoms with Gasteiger partial charge in [0.05, 0.1) is 19.3 Å². The highest BCUT2D eigenvalue weighted by molar-refractivity contribution is 5.09. The summed E-state index contributed by atoms with van der Waals surface area (Å²) in [5.41, 5.74) is 0. The van der Waals surface area contributed by atoms with Crippen LogP contribution in [0.1, 0.15) is 36.2 Å². The van der Waals surface area contributed by atoms with E-state index in [9.17, 15) is 5.11 Å². The molecule has 17 heavy (non-hydrogen) atoms. The fourth-order valence-corrected chi connectivity index (χ4v) is 2.30. The van der Waals surface area contributed by atoms with E-state index in [0.717, 1.165) is 36.8 Å². The fraction of sp³-hybridized carbons (Fsp3) is 0.500. The van der Waals surface area contributed by atoms with E-state index >= 15 is 0 Å². The molecule has 0 aromatic carbocycles. The van der Waals surface area contributed by atoms with Gasteiger partial charge in [-0.3, -0.25) is 0 Å². The Hall–Kier alpha value is -1.62. The molecular weight excluding hydrogens is 218 g/mol. The molecule has 0 spiro atoms. The molecule has 1 aliphatic rings. The third kappa shape index (κ3) is 1.98. The van der Waals surface area contributed by atoms with E-state index in [-0.39, 0.29) is 12.5 Å². The van der Waals surface area contributed by atoms with Crippen LogP contribution in [0.25, 0.3) is 0 Å². The van der Waals surface area contributed by atoms with Gasteiger partial charge < -0.3 is 9.52 Å². The van der Waals surface area contributed by atoms with Gasteiger partial charge in [-0.25, -0.2) is 9.67 Å². The normalized spacial score (nSPS) is 19.2. The molecule has 0 bridgehead atoms. The summed E-state index contributed by atoms with van der Waals surface area (Å²) in [5.74, 6) is 2.70. The first-order valence-electron chi connectivity index (χ1n) is 5.93. The molecule has 2 aromatic heterocycles. The number of hydrogen-bond acceptors (Lipinski definition) is 4. The van der Waals surface area contributed by atoms with Crippen LogP contribution in [0.15, 0.2) is 22.8 Å². The summed E-state index contributed by atoms with van der Waals surface area (Å²) in [6.07, 6.45) is 4.32. The molecule has 0 saturated carbocycles. The predicted molar refractivity (Wildman–Crippen MR) is 60.6 cm³/mol. The Bertz CT molecular complexity index is 490. The minimum Gasteiger partial charge on any atom is -0.469 e. The lowest BCUT2D eigenvalue weighted by atomic mass is 10.0. The Morgan fingerprint density at radius 1 is 1.53 bits per heavy atom. The maximum absolute atomic E-state index is 9.30. The summed E-state index contributed by atoms with van der Waals surface area (Å²) < 4.78 is 7.20. The molecule has 1 unspecified atom stereocenters. The number of fused-ring (bicyclic) bond motifs is 1. The molecule has 2 aromatic rings. The minimum absolute atomic E-state index is 0.140. The highest BCUT2D eigenvalue weighted by Gasteiger charge is 2.23. The number of aliphatic hydroxyl groups excluding tert-OH is 1. The van der Waals surface area contributed by atoms with Gasteiger partial charge in [-0.1, -0.05) is 0 Å². The molecule has 1 atom stereocenters. The van der Waals surface area contributed by atoms with E-state index < -0.39 is 0 Å². The van der Waals surface area contributed by atoms with Crippen LogP contribution in [0.5, 0.6) is 0 Å². The Labute approximate surface area is 99.1 Å². The van der Waals surface area contributed by atoms with Gasteiger partial charge in [-0.15, -0.1) is 0 Å². The summed E-state index contributed by atoms with van der Waals surface area (Å²) >= 11 is 0. The summed E-state index contributed by atoms with van der Waals surface area (Å²) in [7, 11) is 0. The first-order chi connectivity index (χ1) is 8.36. The molecule has 0 saturated heterocycles. The Kier molecular flexibility index (Phi) is 2.68. The van der Waals surface area contributed by atoms with Crippen LogP contribution in [0, 0.1) is 0 Å². The molecule has 1 N–H and O–H groups in total. The molecule has 0 amide bonds. The first kappa shape index (κ1) is 10.5. The van der Waals surface area contributed by atoms with Crippen molar-refractivity contribution in [1.82, 2.24) is 14.8 Å². The van der Waals surface area contributed by atoms with E-state index in [2.05, 4.69) is 10.1 Å². The van der Waals surface area contributed by atoms with Gasteiger partial charge in [0.15, 0.2) is 5.82 Å². The highest BCUT2D eigenvalue weighted by atomic mass is 16.3. The first-order valence-corrected chi connectivity index (χ1v) is 5.93. The topological polar surface area (TPSA) is 64.1 Å². The molecule has 5 nitrogen and oxygen atoms in total. The molecule has 3 rings (SSSR count). The number of hydrogen-bond donors (Lipinski definition) is 1. The lowest BCUT2D eigenvalue weighted by molar-refractivity contribution is 0.234. The van der Waals surface area contributed by atoms with Crippen molar-refractivity contribution in [2.24, 2.45) is 0 Å². The Morgan fingerprint density at radius 3 is 3.24 bits per heavy atom. The van der Waals surface area contributed by atoms with Crippen LogP contribution in [0.2, 0.25) is 0 Å². The second-order valence-electron chi connectivity index (χ2n) is 4.39. The number of aliphatic hydroxyl groups is 1. The molecular formula is C12H15N3O2. The van der Waals surface area contributed by atoms with Crippen molar-refractivity contribution >= 4 is 0 Å². The number of rotatable bonds is 3. The SMILES string of the molecule is OCC1CCCn2nc(Cc3ccco3)nc21. The third-order valence-electron chi connectivity index (χ3n) is 3.16. The second-order valence-corrected chi connectivity index (χ2v) is 4.39. The Morgan fingerprint density at radius 2 is 2.47 bits per heavy atom. The average Bonchev–Trinajstić information content (AvgIpc) is 2.97. The van der Waals surface area contributed by atoms with Crippen LogP contribution < -0.4 is 0 Å². The van der Waals surface area contributed by atoms with E-state index in [1.54, 1.807) is 6.26 Å². The second kappa shape index (κ2) is 4.33. The summed E-state index contributed by atoms with van der Waals surface area (Å²) in [6.45, 7) is 1.05. The van der Waals surface area contributed by atoms with Gasteiger partial charge in [-0.2, -0.15) is 5.10 Å². The van der Waals surface area contributed by atoms with Crippen molar-refractivity contribution in [3.05, 3.63) is 35.8 Å². The van der Waals surface area contributed by atoms with Crippen LogP contribution in [0.3, 0.4) is 0 Å². The van der Waals surface area contributed by atoms with Crippen molar-refractivity contribution in [2.45, 2.75) is 31.7 Å². The molecule has 0 aliphatic carbocycles. The number of furan rings is 1. The number of nitrogens with zero attached hydrogens (tertiary/aromatic N) is 3. The highest BCUT2D eigenvalue weighted by Crippen LogP contribution is 2.25. The van der Waals surface area contributed by atoms with Crippen molar-refractivity contribution in [1.29, 1.82) is 0 Å². The average molecular weight is 233 g/mol. The summed E-state index contributed by atoms with van der Waals surface area (Å²) in [5, 5.41) is 13.8. The molecule has 0 fully saturated rings. The van der Waals surface area contributed by atoms with Crippen molar-refractivity contribution in [2.75, 3.05) is 6.61 Å². The summed E-state index contributed by atoms with van der Waals surface area (Å²) in [4.78, 5) is 4.51. The van der Waals surface area contributed by atoms with Crippen molar-refractivity contribution in [3.8, 4) is 0 Å². The third-order valence-corrected chi connectivity index (χ3v) is 3.16. The monoisotopic (exact) mass is 233 g/mol. The maximum atomic E-state index is 9.30. The Balaban J connectivity index is 1.85. The van der Waals surface area contributed by atoms with Gasteiger partial charge >= 0.3 is 0 Å². The zero-order chi connectivity index (χ0) is 11.7. The predicted octanol–water partition coefficient (Wildman–Crippen LogP) is 1.33. The molecule has 3 heterocycles. The lowest BCUT2D eigenvalue weighted by Crippen LogP contribution is -2.19. The zero-order valence-electron chi connectivity index (χ0n) is 9.54. The van der Waals surface area contributed by atoms with E-state index in [1.807, 2.05) is 16.8 Å². The zero-order valence-corrected chi connectivity index (χ0v) is 9.54. The number of aromatic nitrogens is 3. The molecule has 5 heteroatoms. The van der Waals surface area contributed by atoms with Gasteiger partial charge in [0, 0.05) is 12.5 Å². The van der Waals surface area contributed by atoms with E-state index in [0.29, 0.717) is 6.42 Å². The molecule has 0 radical (unpaired) electrons. The molecule has 90 valence electrons. The van der Waals surface area contributed by atoms with E-state index in [1.165, 1.54) is 0 Å². The smallest absolute Gasteiger partial charge is 0.158 e. The largest absolute Gasteiger partial charge is 0.469 e. The summed E-state index contributed by atoms with van der Waals surface area (Å²) in [6, 6.07) is 3.78. The van der Waals surface area contributed by atoms with Crippen LogP contribution in [-0.2, 0) is 13.0 Å². The minimum atomic E-state index is 0.140. The van der Waals surface area contributed by atoms with Crippen LogP contribution in [-0.4, -0.2) is 26.5 Å². The molecule has 1 aliphatic heterocycles. The maximum Gasteiger partial charge on any atom is 0.158 e.